The summed E-state index contributed by atoms with van der Waals surface area (Å²) in [4.78, 5) is 27.8. The monoisotopic (exact) mass is 450 g/mol. The third kappa shape index (κ3) is 6.59. The lowest BCUT2D eigenvalue weighted by molar-refractivity contribution is -0.142. The van der Waals surface area contributed by atoms with Gasteiger partial charge in [-0.1, -0.05) is 77.8 Å². The van der Waals surface area contributed by atoms with Crippen molar-refractivity contribution in [2.24, 2.45) is 0 Å². The van der Waals surface area contributed by atoms with E-state index in [0.29, 0.717) is 23.7 Å². The molecule has 5 nitrogen and oxygen atoms in total. The molecule has 0 fully saturated rings. The van der Waals surface area contributed by atoms with Gasteiger partial charge in [-0.25, -0.2) is 0 Å². The molecule has 3 aromatic rings. The fourth-order valence-electron chi connectivity index (χ4n) is 3.40. The largest absolute Gasteiger partial charge is 0.484 e. The van der Waals surface area contributed by atoms with E-state index < -0.39 is 6.04 Å². The zero-order valence-corrected chi connectivity index (χ0v) is 19.0. The molecule has 0 unspecified atom stereocenters. The Hall–Kier alpha value is -3.31. The number of hydrogen-bond donors (Lipinski definition) is 1. The number of nitrogens with one attached hydrogen (secondary N) is 1. The smallest absolute Gasteiger partial charge is 0.261 e. The number of carbonyl (C=O) groups excluding carboxylic acids is 2. The van der Waals surface area contributed by atoms with E-state index in [1.807, 2.05) is 61.5 Å². The van der Waals surface area contributed by atoms with Crippen LogP contribution in [0, 0.1) is 6.92 Å². The lowest BCUT2D eigenvalue weighted by Crippen LogP contribution is -2.51. The van der Waals surface area contributed by atoms with E-state index in [-0.39, 0.29) is 18.4 Å². The molecular formula is C26H27ClN2O3. The summed E-state index contributed by atoms with van der Waals surface area (Å²) in [6.45, 7) is 2.10. The van der Waals surface area contributed by atoms with E-state index >= 15 is 0 Å². The third-order valence-corrected chi connectivity index (χ3v) is 5.38. The molecule has 0 saturated carbocycles. The van der Waals surface area contributed by atoms with Crippen molar-refractivity contribution in [1.82, 2.24) is 10.2 Å². The Morgan fingerprint density at radius 3 is 2.34 bits per heavy atom. The number of nitrogens with zero attached hydrogens (tertiary/aromatic N) is 1. The van der Waals surface area contributed by atoms with Gasteiger partial charge in [-0.3, -0.25) is 9.59 Å². The van der Waals surface area contributed by atoms with Crippen molar-refractivity contribution in [3.05, 3.63) is 101 Å². The van der Waals surface area contributed by atoms with E-state index in [1.165, 1.54) is 0 Å². The van der Waals surface area contributed by atoms with E-state index in [0.717, 1.165) is 16.7 Å². The number of aryl methyl sites for hydroxylation is 1. The number of benzene rings is 3. The van der Waals surface area contributed by atoms with Gasteiger partial charge in [-0.2, -0.15) is 0 Å². The van der Waals surface area contributed by atoms with E-state index in [2.05, 4.69) is 5.32 Å². The Kier molecular flexibility index (Phi) is 8.28. The molecule has 3 rings (SSSR count). The SMILES string of the molecule is CNC(=O)[C@H](Cc1ccccc1)N(Cc1ccc(C)cc1)C(=O)COc1cccc(Cl)c1. The minimum atomic E-state index is -0.681. The topological polar surface area (TPSA) is 58.6 Å². The second-order valence-electron chi connectivity index (χ2n) is 7.57. The number of likely N-dealkylation sites (N-methyl/N-ethyl adjacent to an activating group) is 1. The molecule has 0 aliphatic carbocycles. The Morgan fingerprint density at radius 2 is 1.69 bits per heavy atom. The molecule has 2 amide bonds. The van der Waals surface area contributed by atoms with Crippen molar-refractivity contribution in [3.8, 4) is 5.75 Å². The van der Waals surface area contributed by atoms with Gasteiger partial charge in [-0.15, -0.1) is 0 Å². The second kappa shape index (κ2) is 11.3. The fourth-order valence-corrected chi connectivity index (χ4v) is 3.58. The molecule has 0 aliphatic heterocycles. The summed E-state index contributed by atoms with van der Waals surface area (Å²) in [5.74, 6) is -0.00663. The van der Waals surface area contributed by atoms with Crippen LogP contribution in [-0.2, 0) is 22.6 Å². The first-order valence-electron chi connectivity index (χ1n) is 10.4. The highest BCUT2D eigenvalue weighted by atomic mass is 35.5. The Labute approximate surface area is 194 Å². The molecule has 1 atom stereocenters. The molecule has 0 bridgehead atoms. The summed E-state index contributed by atoms with van der Waals surface area (Å²) < 4.78 is 5.69. The highest BCUT2D eigenvalue weighted by molar-refractivity contribution is 6.30. The Morgan fingerprint density at radius 1 is 0.969 bits per heavy atom. The van der Waals surface area contributed by atoms with Gasteiger partial charge in [0.15, 0.2) is 6.61 Å². The number of rotatable bonds is 9. The first-order valence-corrected chi connectivity index (χ1v) is 10.8. The third-order valence-electron chi connectivity index (χ3n) is 5.15. The molecular weight excluding hydrogens is 424 g/mol. The Bertz CT molecular complexity index is 1040. The van der Waals surface area contributed by atoms with Crippen LogP contribution in [0.1, 0.15) is 16.7 Å². The number of halogens is 1. The predicted molar refractivity (Wildman–Crippen MR) is 127 cm³/mol. The molecule has 0 saturated heterocycles. The molecule has 32 heavy (non-hydrogen) atoms. The number of amides is 2. The maximum Gasteiger partial charge on any atom is 0.261 e. The maximum atomic E-state index is 13.3. The van der Waals surface area contributed by atoms with Crippen LogP contribution in [-0.4, -0.2) is 36.4 Å². The Balaban J connectivity index is 1.86. The summed E-state index contributed by atoms with van der Waals surface area (Å²) in [5, 5.41) is 3.23. The van der Waals surface area contributed by atoms with Crippen LogP contribution in [0.5, 0.6) is 5.75 Å². The van der Waals surface area contributed by atoms with Crippen LogP contribution in [0.15, 0.2) is 78.9 Å². The van der Waals surface area contributed by atoms with Crippen molar-refractivity contribution in [2.75, 3.05) is 13.7 Å². The minimum Gasteiger partial charge on any atom is -0.484 e. The van der Waals surface area contributed by atoms with Crippen molar-refractivity contribution < 1.29 is 14.3 Å². The molecule has 166 valence electrons. The van der Waals surface area contributed by atoms with Gasteiger partial charge in [0.25, 0.3) is 5.91 Å². The summed E-state index contributed by atoms with van der Waals surface area (Å²) in [7, 11) is 1.58. The van der Waals surface area contributed by atoms with Gasteiger partial charge < -0.3 is 15.0 Å². The van der Waals surface area contributed by atoms with Gasteiger partial charge in [0, 0.05) is 25.0 Å². The van der Waals surface area contributed by atoms with E-state index in [4.69, 9.17) is 16.3 Å². The van der Waals surface area contributed by atoms with Crippen LogP contribution in [0.25, 0.3) is 0 Å². The highest BCUT2D eigenvalue weighted by Crippen LogP contribution is 2.19. The fraction of sp³-hybridized carbons (Fsp3) is 0.231. The zero-order chi connectivity index (χ0) is 22.9. The number of hydrogen-bond acceptors (Lipinski definition) is 3. The van der Waals surface area contributed by atoms with Crippen molar-refractivity contribution >= 4 is 23.4 Å². The van der Waals surface area contributed by atoms with Gasteiger partial charge in [-0.05, 0) is 36.2 Å². The molecule has 6 heteroatoms. The summed E-state index contributed by atoms with van der Waals surface area (Å²) in [6, 6.07) is 23.8. The normalized spacial score (nSPS) is 11.5. The minimum absolute atomic E-state index is 0.200. The van der Waals surface area contributed by atoms with Gasteiger partial charge in [0.1, 0.15) is 11.8 Å². The van der Waals surface area contributed by atoms with Gasteiger partial charge in [0.05, 0.1) is 0 Å². The van der Waals surface area contributed by atoms with Gasteiger partial charge in [0.2, 0.25) is 5.91 Å². The average molecular weight is 451 g/mol. The van der Waals surface area contributed by atoms with E-state index in [1.54, 1.807) is 36.2 Å². The molecule has 0 spiro atoms. The van der Waals surface area contributed by atoms with Crippen molar-refractivity contribution in [2.45, 2.75) is 25.9 Å². The van der Waals surface area contributed by atoms with Crippen LogP contribution >= 0.6 is 11.6 Å². The standard InChI is InChI=1S/C26H27ClN2O3/c1-19-11-13-21(14-12-19)17-29(25(30)18-32-23-10-6-9-22(27)16-23)24(26(31)28-2)15-20-7-4-3-5-8-20/h3-14,16,24H,15,17-18H2,1-2H3,(H,28,31)/t24-/m0/s1. The quantitative estimate of drug-likeness (QED) is 0.525. The average Bonchev–Trinajstić information content (AvgIpc) is 2.81. The summed E-state index contributed by atoms with van der Waals surface area (Å²) in [6.07, 6.45) is 0.398. The lowest BCUT2D eigenvalue weighted by Gasteiger charge is -2.31. The first-order chi connectivity index (χ1) is 15.5. The lowest BCUT2D eigenvalue weighted by atomic mass is 10.0. The van der Waals surface area contributed by atoms with Crippen LogP contribution in [0.4, 0.5) is 0 Å². The molecule has 0 heterocycles. The summed E-state index contributed by atoms with van der Waals surface area (Å²) in [5.41, 5.74) is 3.04. The van der Waals surface area contributed by atoms with Crippen LogP contribution in [0.2, 0.25) is 5.02 Å². The van der Waals surface area contributed by atoms with Crippen molar-refractivity contribution in [1.29, 1.82) is 0 Å². The summed E-state index contributed by atoms with van der Waals surface area (Å²) >= 11 is 6.02. The molecule has 3 aromatic carbocycles. The number of ether oxygens (including phenoxy) is 1. The van der Waals surface area contributed by atoms with Crippen LogP contribution < -0.4 is 10.1 Å². The van der Waals surface area contributed by atoms with E-state index in [9.17, 15) is 9.59 Å². The maximum absolute atomic E-state index is 13.3. The van der Waals surface area contributed by atoms with Crippen molar-refractivity contribution in [3.63, 3.8) is 0 Å². The molecule has 0 radical (unpaired) electrons. The van der Waals surface area contributed by atoms with Crippen LogP contribution in [0.3, 0.4) is 0 Å². The highest BCUT2D eigenvalue weighted by Gasteiger charge is 2.30. The van der Waals surface area contributed by atoms with Gasteiger partial charge >= 0.3 is 0 Å². The predicted octanol–water partition coefficient (Wildman–Crippen LogP) is 4.41. The molecule has 0 aliphatic rings. The second-order valence-corrected chi connectivity index (χ2v) is 8.01. The number of carbonyl (C=O) groups is 2. The molecule has 0 aromatic heterocycles. The molecule has 1 N–H and O–H groups in total. The first kappa shape index (κ1) is 23.4. The zero-order valence-electron chi connectivity index (χ0n) is 18.3.